The van der Waals surface area contributed by atoms with Crippen LogP contribution in [-0.4, -0.2) is 26.2 Å². The van der Waals surface area contributed by atoms with Crippen LogP contribution in [0.15, 0.2) is 18.2 Å². The van der Waals surface area contributed by atoms with Gasteiger partial charge in [-0.05, 0) is 57.0 Å². The zero-order valence-electron chi connectivity index (χ0n) is 11.3. The fraction of sp³-hybridized carbons (Fsp3) is 0.533. The molecule has 0 aliphatic carbocycles. The van der Waals surface area contributed by atoms with Crippen molar-refractivity contribution in [2.24, 2.45) is 5.92 Å². The fourth-order valence-corrected chi connectivity index (χ4v) is 2.91. The molecule has 4 heteroatoms. The number of anilines is 1. The molecular formula is C15H20ClN3. The molecule has 3 nitrogen and oxygen atoms in total. The van der Waals surface area contributed by atoms with Gasteiger partial charge >= 0.3 is 0 Å². The molecule has 1 fully saturated rings. The van der Waals surface area contributed by atoms with Crippen LogP contribution in [0.5, 0.6) is 0 Å². The van der Waals surface area contributed by atoms with Gasteiger partial charge in [-0.25, -0.2) is 0 Å². The number of halogens is 1. The Morgan fingerprint density at radius 3 is 2.74 bits per heavy atom. The molecule has 1 aromatic carbocycles. The van der Waals surface area contributed by atoms with Gasteiger partial charge in [0.15, 0.2) is 0 Å². The Morgan fingerprint density at radius 2 is 2.16 bits per heavy atom. The Morgan fingerprint density at radius 1 is 1.42 bits per heavy atom. The number of nitrogens with one attached hydrogen (secondary N) is 1. The normalized spacial score (nSPS) is 16.1. The summed E-state index contributed by atoms with van der Waals surface area (Å²) in [6.45, 7) is 6.36. The number of benzene rings is 1. The van der Waals surface area contributed by atoms with Crippen LogP contribution in [0.1, 0.15) is 25.3 Å². The third-order valence-corrected chi connectivity index (χ3v) is 4.04. The van der Waals surface area contributed by atoms with E-state index >= 15 is 0 Å². The van der Waals surface area contributed by atoms with Crippen LogP contribution in [0.2, 0.25) is 5.02 Å². The number of piperidine rings is 1. The summed E-state index contributed by atoms with van der Waals surface area (Å²) in [5.41, 5.74) is 1.66. The molecular weight excluding hydrogens is 258 g/mol. The zero-order valence-corrected chi connectivity index (χ0v) is 12.1. The first-order valence-corrected chi connectivity index (χ1v) is 7.27. The highest BCUT2D eigenvalue weighted by atomic mass is 35.5. The average Bonchev–Trinajstić information content (AvgIpc) is 2.46. The predicted octanol–water partition coefficient (Wildman–Crippen LogP) is 3.04. The third-order valence-electron chi connectivity index (χ3n) is 3.74. The van der Waals surface area contributed by atoms with Gasteiger partial charge in [-0.15, -0.1) is 0 Å². The smallest absolute Gasteiger partial charge is 0.0992 e. The molecule has 0 radical (unpaired) electrons. The van der Waals surface area contributed by atoms with E-state index in [9.17, 15) is 0 Å². The molecule has 102 valence electrons. The minimum atomic E-state index is 0.617. The topological polar surface area (TPSA) is 39.1 Å². The van der Waals surface area contributed by atoms with E-state index < -0.39 is 0 Å². The summed E-state index contributed by atoms with van der Waals surface area (Å²) in [6, 6.07) is 7.68. The van der Waals surface area contributed by atoms with Crippen LogP contribution in [0.3, 0.4) is 0 Å². The summed E-state index contributed by atoms with van der Waals surface area (Å²) in [7, 11) is 0. The molecule has 0 bridgehead atoms. The van der Waals surface area contributed by atoms with E-state index in [-0.39, 0.29) is 0 Å². The molecule has 1 aromatic rings. The van der Waals surface area contributed by atoms with Crippen molar-refractivity contribution in [3.63, 3.8) is 0 Å². The molecule has 0 atom stereocenters. The number of rotatable bonds is 4. The fourth-order valence-electron chi connectivity index (χ4n) is 2.61. The number of nitrogens with zero attached hydrogens (tertiary/aromatic N) is 2. The molecule has 1 aliphatic heterocycles. The van der Waals surface area contributed by atoms with Crippen molar-refractivity contribution in [1.82, 2.24) is 5.32 Å². The molecule has 1 aliphatic rings. The molecule has 0 amide bonds. The van der Waals surface area contributed by atoms with Gasteiger partial charge in [0.2, 0.25) is 0 Å². The van der Waals surface area contributed by atoms with Crippen molar-refractivity contribution in [2.75, 3.05) is 31.1 Å². The maximum absolute atomic E-state index is 8.88. The first kappa shape index (κ1) is 14.2. The van der Waals surface area contributed by atoms with Gasteiger partial charge in [-0.3, -0.25) is 0 Å². The Hall–Kier alpha value is -1.24. The molecule has 1 heterocycles. The van der Waals surface area contributed by atoms with Gasteiger partial charge < -0.3 is 10.2 Å². The molecule has 2 rings (SSSR count). The van der Waals surface area contributed by atoms with Crippen molar-refractivity contribution < 1.29 is 0 Å². The Balaban J connectivity index is 2.10. The van der Waals surface area contributed by atoms with Crippen LogP contribution < -0.4 is 10.2 Å². The first-order chi connectivity index (χ1) is 9.24. The summed E-state index contributed by atoms with van der Waals surface area (Å²) in [5, 5.41) is 12.9. The summed E-state index contributed by atoms with van der Waals surface area (Å²) in [4.78, 5) is 2.32. The lowest BCUT2D eigenvalue weighted by molar-refractivity contribution is 0.374. The van der Waals surface area contributed by atoms with Gasteiger partial charge in [0, 0.05) is 13.1 Å². The highest BCUT2D eigenvalue weighted by molar-refractivity contribution is 6.33. The van der Waals surface area contributed by atoms with Crippen molar-refractivity contribution in [2.45, 2.75) is 19.8 Å². The number of hydrogen-bond acceptors (Lipinski definition) is 3. The summed E-state index contributed by atoms with van der Waals surface area (Å²) < 4.78 is 0. The van der Waals surface area contributed by atoms with E-state index in [4.69, 9.17) is 16.9 Å². The van der Waals surface area contributed by atoms with E-state index in [1.807, 2.05) is 12.1 Å². The van der Waals surface area contributed by atoms with Gasteiger partial charge in [0.1, 0.15) is 0 Å². The molecule has 1 saturated heterocycles. The lowest BCUT2D eigenvalue weighted by Crippen LogP contribution is -2.36. The van der Waals surface area contributed by atoms with E-state index in [1.165, 1.54) is 12.8 Å². The van der Waals surface area contributed by atoms with E-state index in [1.54, 1.807) is 6.07 Å². The standard InChI is InChI=1S/C15H20ClN3/c1-2-19(11-12-5-7-18-8-6-12)15-4-3-13(10-17)9-14(15)16/h3-4,9,12,18H,2,5-8,11H2,1H3. The van der Waals surface area contributed by atoms with Crippen LogP contribution in [0.4, 0.5) is 5.69 Å². The van der Waals surface area contributed by atoms with Gasteiger partial charge in [0.05, 0.1) is 22.3 Å². The highest BCUT2D eigenvalue weighted by Gasteiger charge is 2.18. The second-order valence-electron chi connectivity index (χ2n) is 5.01. The Labute approximate surface area is 120 Å². The summed E-state index contributed by atoms with van der Waals surface area (Å²) in [5.74, 6) is 0.730. The van der Waals surface area contributed by atoms with Crippen molar-refractivity contribution in [1.29, 1.82) is 5.26 Å². The van der Waals surface area contributed by atoms with E-state index in [2.05, 4.69) is 23.2 Å². The largest absolute Gasteiger partial charge is 0.370 e. The molecule has 0 aromatic heterocycles. The van der Waals surface area contributed by atoms with Gasteiger partial charge in [-0.2, -0.15) is 5.26 Å². The quantitative estimate of drug-likeness (QED) is 0.919. The lowest BCUT2D eigenvalue weighted by Gasteiger charge is -2.31. The monoisotopic (exact) mass is 277 g/mol. The van der Waals surface area contributed by atoms with Crippen LogP contribution in [-0.2, 0) is 0 Å². The summed E-state index contributed by atoms with van der Waals surface area (Å²) >= 11 is 6.29. The molecule has 0 saturated carbocycles. The summed E-state index contributed by atoms with van der Waals surface area (Å²) in [6.07, 6.45) is 2.45. The Bertz CT molecular complexity index is 461. The van der Waals surface area contributed by atoms with Gasteiger partial charge in [-0.1, -0.05) is 11.6 Å². The van der Waals surface area contributed by atoms with Crippen LogP contribution >= 0.6 is 11.6 Å². The van der Waals surface area contributed by atoms with Crippen molar-refractivity contribution >= 4 is 17.3 Å². The molecule has 19 heavy (non-hydrogen) atoms. The first-order valence-electron chi connectivity index (χ1n) is 6.90. The zero-order chi connectivity index (χ0) is 13.7. The molecule has 0 unspecified atom stereocenters. The second-order valence-corrected chi connectivity index (χ2v) is 5.42. The van der Waals surface area contributed by atoms with E-state index in [0.717, 1.165) is 37.8 Å². The van der Waals surface area contributed by atoms with Crippen molar-refractivity contribution in [3.05, 3.63) is 28.8 Å². The Kier molecular flexibility index (Phi) is 5.07. The van der Waals surface area contributed by atoms with E-state index in [0.29, 0.717) is 10.6 Å². The third kappa shape index (κ3) is 3.62. The predicted molar refractivity (Wildman–Crippen MR) is 79.6 cm³/mol. The lowest BCUT2D eigenvalue weighted by atomic mass is 9.97. The van der Waals surface area contributed by atoms with Crippen LogP contribution in [0.25, 0.3) is 0 Å². The second kappa shape index (κ2) is 6.79. The SMILES string of the molecule is CCN(CC1CCNCC1)c1ccc(C#N)cc1Cl. The minimum absolute atomic E-state index is 0.617. The van der Waals surface area contributed by atoms with Crippen LogP contribution in [0, 0.1) is 17.2 Å². The minimum Gasteiger partial charge on any atom is -0.370 e. The maximum atomic E-state index is 8.88. The number of hydrogen-bond donors (Lipinski definition) is 1. The van der Waals surface area contributed by atoms with Crippen molar-refractivity contribution in [3.8, 4) is 6.07 Å². The average molecular weight is 278 g/mol. The molecule has 0 spiro atoms. The van der Waals surface area contributed by atoms with Gasteiger partial charge in [0.25, 0.3) is 0 Å². The maximum Gasteiger partial charge on any atom is 0.0992 e. The number of nitriles is 1. The highest BCUT2D eigenvalue weighted by Crippen LogP contribution is 2.28. The molecule has 1 N–H and O–H groups in total.